The second-order valence-corrected chi connectivity index (χ2v) is 5.74. The molecule has 0 aliphatic rings. The van der Waals surface area contributed by atoms with E-state index in [0.29, 0.717) is 11.4 Å². The third-order valence-electron chi connectivity index (χ3n) is 2.75. The Bertz CT molecular complexity index is 552. The molecule has 0 saturated carbocycles. The molecule has 5 heteroatoms. The minimum Gasteiger partial charge on any atom is -0.357 e. The number of carbonyl (C=O) groups is 1. The van der Waals surface area contributed by atoms with Crippen LogP contribution in [0.2, 0.25) is 0 Å². The third-order valence-corrected chi connectivity index (χ3v) is 3.55. The van der Waals surface area contributed by atoms with Gasteiger partial charge in [-0.25, -0.2) is 0 Å². The second kappa shape index (κ2) is 6.33. The molecule has 0 bridgehead atoms. The van der Waals surface area contributed by atoms with E-state index in [9.17, 15) is 9.00 Å². The van der Waals surface area contributed by atoms with Crippen LogP contribution in [0.4, 0.5) is 0 Å². The maximum Gasteiger partial charge on any atom is 0.268 e. The third kappa shape index (κ3) is 3.79. The maximum absolute atomic E-state index is 12.0. The fraction of sp³-hybridized carbons (Fsp3) is 0.214. The van der Waals surface area contributed by atoms with Crippen molar-refractivity contribution in [2.75, 3.05) is 12.0 Å². The molecule has 1 aromatic heterocycles. The van der Waals surface area contributed by atoms with Gasteiger partial charge in [0.25, 0.3) is 5.91 Å². The summed E-state index contributed by atoms with van der Waals surface area (Å²) in [5, 5.41) is 2.90. The molecule has 0 fully saturated rings. The normalized spacial score (nSPS) is 13.7. The van der Waals surface area contributed by atoms with Crippen LogP contribution in [0.1, 0.15) is 22.1 Å². The van der Waals surface area contributed by atoms with E-state index in [2.05, 4.69) is 10.3 Å². The molecule has 0 spiro atoms. The fourth-order valence-electron chi connectivity index (χ4n) is 1.85. The minimum absolute atomic E-state index is 0.190. The van der Waals surface area contributed by atoms with Gasteiger partial charge in [0.1, 0.15) is 5.69 Å². The quantitative estimate of drug-likeness (QED) is 0.875. The summed E-state index contributed by atoms with van der Waals surface area (Å²) in [6, 6.07) is 12.8. The number of aromatic nitrogens is 1. The highest BCUT2D eigenvalue weighted by molar-refractivity contribution is 7.84. The van der Waals surface area contributed by atoms with E-state index in [4.69, 9.17) is 0 Å². The maximum atomic E-state index is 12.0. The minimum atomic E-state index is -0.984. The number of hydrogen-bond donors (Lipinski definition) is 2. The van der Waals surface area contributed by atoms with Gasteiger partial charge in [0.15, 0.2) is 0 Å². The predicted octanol–water partition coefficient (Wildman–Crippen LogP) is 1.86. The first-order valence-electron chi connectivity index (χ1n) is 5.96. The molecule has 2 atom stereocenters. The molecule has 19 heavy (non-hydrogen) atoms. The van der Waals surface area contributed by atoms with Crippen molar-refractivity contribution in [3.8, 4) is 0 Å². The van der Waals surface area contributed by atoms with E-state index in [1.54, 1.807) is 24.6 Å². The summed E-state index contributed by atoms with van der Waals surface area (Å²) in [6.07, 6.45) is 3.33. The lowest BCUT2D eigenvalue weighted by atomic mass is 10.1. The Morgan fingerprint density at radius 1 is 1.26 bits per heavy atom. The van der Waals surface area contributed by atoms with Crippen molar-refractivity contribution in [3.63, 3.8) is 0 Å². The van der Waals surface area contributed by atoms with E-state index >= 15 is 0 Å². The Labute approximate surface area is 114 Å². The summed E-state index contributed by atoms with van der Waals surface area (Å²) in [5.74, 6) is 0.209. The van der Waals surface area contributed by atoms with Crippen LogP contribution in [-0.4, -0.2) is 27.1 Å². The zero-order chi connectivity index (χ0) is 13.7. The van der Waals surface area contributed by atoms with Crippen LogP contribution in [0, 0.1) is 0 Å². The molecule has 1 aromatic carbocycles. The van der Waals surface area contributed by atoms with Crippen LogP contribution in [0.3, 0.4) is 0 Å². The zero-order valence-corrected chi connectivity index (χ0v) is 11.4. The van der Waals surface area contributed by atoms with E-state index in [1.807, 2.05) is 30.3 Å². The number of carbonyl (C=O) groups excluding carboxylic acids is 1. The number of amides is 1. The Kier molecular flexibility index (Phi) is 4.52. The largest absolute Gasteiger partial charge is 0.357 e. The molecular weight excluding hydrogens is 260 g/mol. The summed E-state index contributed by atoms with van der Waals surface area (Å²) in [4.78, 5) is 14.9. The van der Waals surface area contributed by atoms with Crippen molar-refractivity contribution < 1.29 is 9.00 Å². The van der Waals surface area contributed by atoms with Crippen LogP contribution in [-0.2, 0) is 10.8 Å². The van der Waals surface area contributed by atoms with Gasteiger partial charge in [-0.05, 0) is 17.7 Å². The van der Waals surface area contributed by atoms with Gasteiger partial charge < -0.3 is 10.3 Å². The van der Waals surface area contributed by atoms with Gasteiger partial charge >= 0.3 is 0 Å². The average molecular weight is 276 g/mol. The van der Waals surface area contributed by atoms with Crippen molar-refractivity contribution in [1.82, 2.24) is 10.3 Å². The lowest BCUT2D eigenvalue weighted by molar-refractivity contribution is 0.0936. The molecule has 1 amide bonds. The van der Waals surface area contributed by atoms with Crippen LogP contribution < -0.4 is 5.32 Å². The molecule has 0 radical (unpaired) electrons. The highest BCUT2D eigenvalue weighted by atomic mass is 32.2. The molecule has 0 aliphatic heterocycles. The lowest BCUT2D eigenvalue weighted by Crippen LogP contribution is -2.32. The van der Waals surface area contributed by atoms with Crippen molar-refractivity contribution in [3.05, 3.63) is 59.9 Å². The molecular formula is C14H16N2O2S. The molecule has 0 aliphatic carbocycles. The number of rotatable bonds is 5. The fourth-order valence-corrected chi connectivity index (χ4v) is 2.59. The zero-order valence-electron chi connectivity index (χ0n) is 10.6. The first kappa shape index (κ1) is 13.5. The van der Waals surface area contributed by atoms with Crippen molar-refractivity contribution in [2.24, 2.45) is 0 Å². The summed E-state index contributed by atoms with van der Waals surface area (Å²) in [7, 11) is -0.984. The number of nitrogens with one attached hydrogen (secondary N) is 2. The van der Waals surface area contributed by atoms with Gasteiger partial charge in [-0.2, -0.15) is 0 Å². The molecule has 100 valence electrons. The monoisotopic (exact) mass is 276 g/mol. The summed E-state index contributed by atoms with van der Waals surface area (Å²) in [5.41, 5.74) is 1.46. The number of hydrogen-bond acceptors (Lipinski definition) is 2. The highest BCUT2D eigenvalue weighted by Crippen LogP contribution is 2.14. The van der Waals surface area contributed by atoms with Gasteiger partial charge in [-0.1, -0.05) is 30.3 Å². The topological polar surface area (TPSA) is 62.0 Å². The van der Waals surface area contributed by atoms with Crippen molar-refractivity contribution >= 4 is 16.7 Å². The SMILES string of the molecule is C[S@](=O)C[C@@H](NC(=O)c1ccc[nH]1)c1ccccc1. The summed E-state index contributed by atoms with van der Waals surface area (Å²) < 4.78 is 11.4. The number of H-pyrrole nitrogens is 1. The van der Waals surface area contributed by atoms with Crippen LogP contribution in [0.25, 0.3) is 0 Å². The van der Waals surface area contributed by atoms with E-state index in [-0.39, 0.29) is 11.9 Å². The lowest BCUT2D eigenvalue weighted by Gasteiger charge is -2.17. The van der Waals surface area contributed by atoms with Gasteiger partial charge in [-0.15, -0.1) is 0 Å². The van der Waals surface area contributed by atoms with Gasteiger partial charge in [0, 0.05) is 29.0 Å². The first-order valence-corrected chi connectivity index (χ1v) is 7.69. The predicted molar refractivity (Wildman–Crippen MR) is 76.4 cm³/mol. The standard InChI is InChI=1S/C14H16N2O2S/c1-19(18)10-13(11-6-3-2-4-7-11)16-14(17)12-8-5-9-15-12/h2-9,13,15H,10H2,1H3,(H,16,17)/t13-,19+/m1/s1. The van der Waals surface area contributed by atoms with Crippen LogP contribution >= 0.6 is 0 Å². The van der Waals surface area contributed by atoms with Crippen molar-refractivity contribution in [2.45, 2.75) is 6.04 Å². The molecule has 0 unspecified atom stereocenters. The van der Waals surface area contributed by atoms with Crippen molar-refractivity contribution in [1.29, 1.82) is 0 Å². The number of aromatic amines is 1. The summed E-state index contributed by atoms with van der Waals surface area (Å²) in [6.45, 7) is 0. The first-order chi connectivity index (χ1) is 9.16. The van der Waals surface area contributed by atoms with E-state index in [1.165, 1.54) is 0 Å². The van der Waals surface area contributed by atoms with Crippen LogP contribution in [0.5, 0.6) is 0 Å². The Morgan fingerprint density at radius 2 is 2.00 bits per heavy atom. The molecule has 2 aromatic rings. The molecule has 1 heterocycles. The Morgan fingerprint density at radius 3 is 2.58 bits per heavy atom. The van der Waals surface area contributed by atoms with Gasteiger partial charge in [0.05, 0.1) is 6.04 Å². The van der Waals surface area contributed by atoms with E-state index in [0.717, 1.165) is 5.56 Å². The van der Waals surface area contributed by atoms with E-state index < -0.39 is 10.8 Å². The van der Waals surface area contributed by atoms with Gasteiger partial charge in [-0.3, -0.25) is 9.00 Å². The molecule has 2 rings (SSSR count). The molecule has 4 nitrogen and oxygen atoms in total. The van der Waals surface area contributed by atoms with Gasteiger partial charge in [0.2, 0.25) is 0 Å². The Hall–Kier alpha value is -1.88. The average Bonchev–Trinajstić information content (AvgIpc) is 2.92. The second-order valence-electron chi connectivity index (χ2n) is 4.26. The smallest absolute Gasteiger partial charge is 0.268 e. The number of benzene rings is 1. The highest BCUT2D eigenvalue weighted by Gasteiger charge is 2.17. The summed E-state index contributed by atoms with van der Waals surface area (Å²) >= 11 is 0. The van der Waals surface area contributed by atoms with Crippen LogP contribution in [0.15, 0.2) is 48.7 Å². The Balaban J connectivity index is 2.15. The molecule has 0 saturated heterocycles. The molecule has 2 N–H and O–H groups in total.